The molecule has 18 heavy (non-hydrogen) atoms. The Morgan fingerprint density at radius 3 is 2.61 bits per heavy atom. The van der Waals surface area contributed by atoms with Crippen molar-refractivity contribution in [3.63, 3.8) is 0 Å². The van der Waals surface area contributed by atoms with Crippen LogP contribution in [0.3, 0.4) is 0 Å². The first-order valence-corrected chi connectivity index (χ1v) is 7.80. The van der Waals surface area contributed by atoms with Crippen LogP contribution in [0.4, 0.5) is 0 Å². The van der Waals surface area contributed by atoms with E-state index in [1.54, 1.807) is 26.2 Å². The maximum absolute atomic E-state index is 12.3. The van der Waals surface area contributed by atoms with Gasteiger partial charge >= 0.3 is 0 Å². The minimum atomic E-state index is -3.65. The number of aliphatic hydroxyl groups excluding tert-OH is 1. The molecule has 0 spiro atoms. The molecule has 1 heterocycles. The first kappa shape index (κ1) is 15.6. The predicted octanol–water partition coefficient (Wildman–Crippen LogP) is 1.25. The maximum atomic E-state index is 12.3. The second-order valence-electron chi connectivity index (χ2n) is 4.75. The molecule has 0 saturated carbocycles. The van der Waals surface area contributed by atoms with Gasteiger partial charge in [-0.05, 0) is 31.7 Å². The summed E-state index contributed by atoms with van der Waals surface area (Å²) in [5, 5.41) is 10.9. The van der Waals surface area contributed by atoms with Gasteiger partial charge < -0.3 is 9.84 Å². The van der Waals surface area contributed by atoms with Gasteiger partial charge in [0, 0.05) is 7.11 Å². The molecule has 0 amide bonds. The van der Waals surface area contributed by atoms with Gasteiger partial charge in [-0.3, -0.25) is 0 Å². The molecule has 0 fully saturated rings. The fourth-order valence-corrected chi connectivity index (χ4v) is 4.83. The zero-order chi connectivity index (χ0) is 14.0. The molecule has 0 saturated heterocycles. The van der Waals surface area contributed by atoms with Crippen LogP contribution < -0.4 is 4.72 Å². The van der Waals surface area contributed by atoms with Crippen LogP contribution in [0.1, 0.15) is 24.3 Å². The predicted molar refractivity (Wildman–Crippen MR) is 71.3 cm³/mol. The summed E-state index contributed by atoms with van der Waals surface area (Å²) in [6.45, 7) is 5.19. The van der Waals surface area contributed by atoms with E-state index in [2.05, 4.69) is 4.72 Å². The lowest BCUT2D eigenvalue weighted by Gasteiger charge is -2.25. The molecule has 0 aromatic carbocycles. The second-order valence-corrected chi connectivity index (χ2v) is 7.33. The largest absolute Gasteiger partial charge is 0.391 e. The van der Waals surface area contributed by atoms with Crippen molar-refractivity contribution in [2.45, 2.75) is 37.8 Å². The van der Waals surface area contributed by atoms with Crippen LogP contribution in [0.25, 0.3) is 0 Å². The topological polar surface area (TPSA) is 75.6 Å². The molecule has 2 N–H and O–H groups in total. The normalized spacial score (nSPS) is 12.9. The molecule has 0 atom stereocenters. The van der Waals surface area contributed by atoms with Crippen LogP contribution >= 0.6 is 11.3 Å². The number of thiophene rings is 1. The zero-order valence-electron chi connectivity index (χ0n) is 11.0. The Hall–Kier alpha value is -0.470. The van der Waals surface area contributed by atoms with Gasteiger partial charge in [0.15, 0.2) is 0 Å². The summed E-state index contributed by atoms with van der Waals surface area (Å²) in [6, 6.07) is 0. The highest BCUT2D eigenvalue weighted by Crippen LogP contribution is 2.27. The van der Waals surface area contributed by atoms with Crippen LogP contribution in [0, 0.1) is 6.92 Å². The Labute approximate surface area is 112 Å². The Morgan fingerprint density at radius 1 is 1.50 bits per heavy atom. The minimum absolute atomic E-state index is 0.180. The highest BCUT2D eigenvalue weighted by Gasteiger charge is 2.29. The molecular weight excluding hydrogens is 274 g/mol. The molecule has 1 rings (SSSR count). The van der Waals surface area contributed by atoms with Crippen molar-refractivity contribution in [3.8, 4) is 0 Å². The van der Waals surface area contributed by atoms with Crippen LogP contribution in [0.5, 0.6) is 0 Å². The van der Waals surface area contributed by atoms with E-state index >= 15 is 0 Å². The SMILES string of the molecule is COCC(C)(C)NS(=O)(=O)c1c(C)csc1CO. The minimum Gasteiger partial charge on any atom is -0.391 e. The Bertz CT molecular complexity index is 505. The molecule has 1 aromatic heterocycles. The van der Waals surface area contributed by atoms with Gasteiger partial charge in [-0.15, -0.1) is 11.3 Å². The lowest BCUT2D eigenvalue weighted by Crippen LogP contribution is -2.46. The van der Waals surface area contributed by atoms with Crippen molar-refractivity contribution in [1.82, 2.24) is 4.72 Å². The lowest BCUT2D eigenvalue weighted by molar-refractivity contribution is 0.141. The monoisotopic (exact) mass is 293 g/mol. The van der Waals surface area contributed by atoms with Gasteiger partial charge in [0.1, 0.15) is 4.90 Å². The maximum Gasteiger partial charge on any atom is 0.242 e. The average molecular weight is 293 g/mol. The number of nitrogens with one attached hydrogen (secondary N) is 1. The van der Waals surface area contributed by atoms with Crippen molar-refractivity contribution in [3.05, 3.63) is 15.8 Å². The van der Waals surface area contributed by atoms with Gasteiger partial charge in [-0.2, -0.15) is 0 Å². The molecule has 1 aromatic rings. The molecule has 0 radical (unpaired) electrons. The fraction of sp³-hybridized carbons (Fsp3) is 0.636. The lowest BCUT2D eigenvalue weighted by atomic mass is 10.1. The van der Waals surface area contributed by atoms with E-state index in [9.17, 15) is 13.5 Å². The third-order valence-corrected chi connectivity index (χ3v) is 5.46. The Morgan fingerprint density at radius 2 is 2.11 bits per heavy atom. The van der Waals surface area contributed by atoms with Gasteiger partial charge in [-0.1, -0.05) is 0 Å². The molecule has 0 aliphatic carbocycles. The van der Waals surface area contributed by atoms with Gasteiger partial charge in [-0.25, -0.2) is 13.1 Å². The zero-order valence-corrected chi connectivity index (χ0v) is 12.6. The summed E-state index contributed by atoms with van der Waals surface area (Å²) in [4.78, 5) is 0.632. The van der Waals surface area contributed by atoms with Gasteiger partial charge in [0.2, 0.25) is 10.0 Å². The van der Waals surface area contributed by atoms with Crippen LogP contribution in [-0.2, 0) is 21.4 Å². The van der Waals surface area contributed by atoms with E-state index in [-0.39, 0.29) is 18.1 Å². The number of aliphatic hydroxyl groups is 1. The van der Waals surface area contributed by atoms with Crippen molar-refractivity contribution >= 4 is 21.4 Å². The van der Waals surface area contributed by atoms with Crippen LogP contribution in [-0.4, -0.2) is 32.8 Å². The third kappa shape index (κ3) is 3.52. The molecular formula is C11H19NO4S2. The summed E-state index contributed by atoms with van der Waals surface area (Å²) in [5.41, 5.74) is -0.0564. The number of sulfonamides is 1. The first-order chi connectivity index (χ1) is 8.23. The summed E-state index contributed by atoms with van der Waals surface area (Å²) in [7, 11) is -2.13. The first-order valence-electron chi connectivity index (χ1n) is 5.44. The fourth-order valence-electron chi connectivity index (χ4n) is 1.76. The van der Waals surface area contributed by atoms with Crippen molar-refractivity contribution < 1.29 is 18.3 Å². The highest BCUT2D eigenvalue weighted by molar-refractivity contribution is 7.89. The Balaban J connectivity index is 3.11. The number of aryl methyl sites for hydroxylation is 1. The number of ether oxygens (including phenoxy) is 1. The average Bonchev–Trinajstić information content (AvgIpc) is 2.58. The van der Waals surface area contributed by atoms with E-state index in [0.717, 1.165) is 0 Å². The molecule has 5 nitrogen and oxygen atoms in total. The number of rotatable bonds is 6. The number of hydrogen-bond donors (Lipinski definition) is 2. The van der Waals surface area contributed by atoms with Crippen LogP contribution in [0.15, 0.2) is 10.3 Å². The number of methoxy groups -OCH3 is 1. The van der Waals surface area contributed by atoms with Crippen molar-refractivity contribution in [2.24, 2.45) is 0 Å². The molecule has 0 aliphatic heterocycles. The van der Waals surface area contributed by atoms with Crippen LogP contribution in [0.2, 0.25) is 0 Å². The summed E-state index contributed by atoms with van der Waals surface area (Å²) >= 11 is 1.24. The van der Waals surface area contributed by atoms with E-state index in [1.165, 1.54) is 18.4 Å². The summed E-state index contributed by atoms with van der Waals surface area (Å²) in [6.07, 6.45) is 0. The molecule has 0 bridgehead atoms. The molecule has 104 valence electrons. The van der Waals surface area contributed by atoms with E-state index in [0.29, 0.717) is 10.4 Å². The molecule has 0 unspecified atom stereocenters. The van der Waals surface area contributed by atoms with E-state index in [1.807, 2.05) is 0 Å². The third-order valence-electron chi connectivity index (χ3n) is 2.32. The van der Waals surface area contributed by atoms with E-state index < -0.39 is 15.6 Å². The van der Waals surface area contributed by atoms with E-state index in [4.69, 9.17) is 4.74 Å². The summed E-state index contributed by atoms with van der Waals surface area (Å²) in [5.74, 6) is 0. The quantitative estimate of drug-likeness (QED) is 0.828. The Kier molecular flexibility index (Phi) is 4.90. The summed E-state index contributed by atoms with van der Waals surface area (Å²) < 4.78 is 32.2. The second kappa shape index (κ2) is 5.66. The highest BCUT2D eigenvalue weighted by atomic mass is 32.2. The van der Waals surface area contributed by atoms with Crippen molar-refractivity contribution in [1.29, 1.82) is 0 Å². The number of hydrogen-bond acceptors (Lipinski definition) is 5. The van der Waals surface area contributed by atoms with Gasteiger partial charge in [0.05, 0.1) is 23.6 Å². The molecule has 7 heteroatoms. The van der Waals surface area contributed by atoms with Gasteiger partial charge in [0.25, 0.3) is 0 Å². The smallest absolute Gasteiger partial charge is 0.242 e. The standard InChI is InChI=1S/C11H19NO4S2/c1-8-6-17-9(5-13)10(8)18(14,15)12-11(2,3)7-16-4/h6,12-13H,5,7H2,1-4H3. The molecule has 0 aliphatic rings. The van der Waals surface area contributed by atoms with Crippen molar-refractivity contribution in [2.75, 3.05) is 13.7 Å².